The number of hydrogen-bond acceptors (Lipinski definition) is 6. The molecule has 1 amide bonds. The van der Waals surface area contributed by atoms with Crippen molar-refractivity contribution in [1.82, 2.24) is 10.2 Å². The summed E-state index contributed by atoms with van der Waals surface area (Å²) in [4.78, 5) is 23.3. The maximum atomic E-state index is 11.1. The Hall–Kier alpha value is -1.22. The molecule has 0 unspecified atom stereocenters. The van der Waals surface area contributed by atoms with Crippen LogP contribution in [0.2, 0.25) is 0 Å². The zero-order chi connectivity index (χ0) is 15.2. The van der Waals surface area contributed by atoms with E-state index >= 15 is 0 Å². The van der Waals surface area contributed by atoms with E-state index in [1.807, 2.05) is 19.0 Å². The van der Waals surface area contributed by atoms with E-state index < -0.39 is 12.6 Å². The fourth-order valence-electron chi connectivity index (χ4n) is 1.11. The van der Waals surface area contributed by atoms with Gasteiger partial charge in [0.15, 0.2) is 0 Å². The van der Waals surface area contributed by atoms with Gasteiger partial charge in [0.05, 0.1) is 26.4 Å². The standard InChI is InChI=1S/C12H24N2O6/c1-14(2)4-6-19-8-7-18-5-3-13-11(15)9-20-10-12(16)17/h3-10H2,1-2H3,(H,13,15)(H,16,17). The van der Waals surface area contributed by atoms with E-state index in [0.717, 1.165) is 6.54 Å². The molecule has 0 fully saturated rings. The van der Waals surface area contributed by atoms with Gasteiger partial charge in [0, 0.05) is 13.1 Å². The number of carbonyl (C=O) groups excluding carboxylic acids is 1. The number of amides is 1. The van der Waals surface area contributed by atoms with Gasteiger partial charge in [-0.1, -0.05) is 0 Å². The number of nitrogens with one attached hydrogen (secondary N) is 1. The molecule has 8 heteroatoms. The molecule has 0 aliphatic heterocycles. The number of likely N-dealkylation sites (N-methyl/N-ethyl adjacent to an activating group) is 1. The van der Waals surface area contributed by atoms with Crippen LogP contribution in [0.3, 0.4) is 0 Å². The van der Waals surface area contributed by atoms with Crippen LogP contribution in [0.25, 0.3) is 0 Å². The molecule has 0 saturated carbocycles. The van der Waals surface area contributed by atoms with Gasteiger partial charge in [-0.3, -0.25) is 4.79 Å². The number of carboxylic acid groups (broad SMARTS) is 1. The van der Waals surface area contributed by atoms with Crippen molar-refractivity contribution >= 4 is 11.9 Å². The topological polar surface area (TPSA) is 97.3 Å². The predicted molar refractivity (Wildman–Crippen MR) is 71.7 cm³/mol. The number of hydrogen-bond donors (Lipinski definition) is 2. The van der Waals surface area contributed by atoms with Gasteiger partial charge in [0.1, 0.15) is 13.2 Å². The van der Waals surface area contributed by atoms with E-state index in [9.17, 15) is 9.59 Å². The second-order valence-electron chi connectivity index (χ2n) is 4.26. The Labute approximate surface area is 119 Å². The number of aliphatic carboxylic acids is 1. The predicted octanol–water partition coefficient (Wildman–Crippen LogP) is -1.20. The minimum absolute atomic E-state index is 0.264. The third-order valence-corrected chi connectivity index (χ3v) is 2.08. The molecule has 0 atom stereocenters. The lowest BCUT2D eigenvalue weighted by Gasteiger charge is -2.10. The van der Waals surface area contributed by atoms with Gasteiger partial charge in [0.25, 0.3) is 0 Å². The normalized spacial score (nSPS) is 10.8. The van der Waals surface area contributed by atoms with Crippen LogP contribution in [0, 0.1) is 0 Å². The molecule has 0 heterocycles. The van der Waals surface area contributed by atoms with Gasteiger partial charge in [-0.15, -0.1) is 0 Å². The lowest BCUT2D eigenvalue weighted by molar-refractivity contribution is -0.143. The molecule has 0 spiro atoms. The summed E-state index contributed by atoms with van der Waals surface area (Å²) in [6.45, 7) is 2.51. The average Bonchev–Trinajstić information content (AvgIpc) is 2.36. The van der Waals surface area contributed by atoms with Crippen LogP contribution in [0.15, 0.2) is 0 Å². The van der Waals surface area contributed by atoms with Crippen molar-refractivity contribution in [3.8, 4) is 0 Å². The molecule has 0 bridgehead atoms. The average molecular weight is 292 g/mol. The quantitative estimate of drug-likeness (QED) is 0.411. The summed E-state index contributed by atoms with van der Waals surface area (Å²) in [5, 5.41) is 10.8. The first-order valence-electron chi connectivity index (χ1n) is 6.39. The largest absolute Gasteiger partial charge is 0.480 e. The summed E-state index contributed by atoms with van der Waals surface area (Å²) >= 11 is 0. The highest BCUT2D eigenvalue weighted by molar-refractivity contribution is 5.77. The second kappa shape index (κ2) is 12.8. The molecule has 0 radical (unpaired) electrons. The third kappa shape index (κ3) is 14.8. The lowest BCUT2D eigenvalue weighted by atomic mass is 10.5. The molecule has 8 nitrogen and oxygen atoms in total. The lowest BCUT2D eigenvalue weighted by Crippen LogP contribution is -2.31. The Balaban J connectivity index is 3.19. The van der Waals surface area contributed by atoms with Crippen molar-refractivity contribution in [3.63, 3.8) is 0 Å². The monoisotopic (exact) mass is 292 g/mol. The van der Waals surface area contributed by atoms with Gasteiger partial charge in [0.2, 0.25) is 5.91 Å². The highest BCUT2D eigenvalue weighted by atomic mass is 16.5. The first-order chi connectivity index (χ1) is 9.52. The van der Waals surface area contributed by atoms with Crippen molar-refractivity contribution in [3.05, 3.63) is 0 Å². The van der Waals surface area contributed by atoms with Crippen LogP contribution in [0.5, 0.6) is 0 Å². The van der Waals surface area contributed by atoms with E-state index in [2.05, 4.69) is 10.1 Å². The van der Waals surface area contributed by atoms with Crippen molar-refractivity contribution in [2.75, 3.05) is 66.8 Å². The summed E-state index contributed by atoms with van der Waals surface area (Å²) in [6, 6.07) is 0. The van der Waals surface area contributed by atoms with E-state index in [0.29, 0.717) is 33.0 Å². The zero-order valence-corrected chi connectivity index (χ0v) is 12.1. The molecular weight excluding hydrogens is 268 g/mol. The second-order valence-corrected chi connectivity index (χ2v) is 4.26. The van der Waals surface area contributed by atoms with Crippen LogP contribution in [-0.4, -0.2) is 88.7 Å². The van der Waals surface area contributed by atoms with Crippen LogP contribution < -0.4 is 5.32 Å². The number of carbonyl (C=O) groups is 2. The molecule has 0 saturated heterocycles. The molecule has 0 aliphatic carbocycles. The molecule has 0 aliphatic rings. The summed E-state index contributed by atoms with van der Waals surface area (Å²) in [5.74, 6) is -1.47. The van der Waals surface area contributed by atoms with Crippen molar-refractivity contribution < 1.29 is 28.9 Å². The molecular formula is C12H24N2O6. The van der Waals surface area contributed by atoms with E-state index in [1.54, 1.807) is 0 Å². The van der Waals surface area contributed by atoms with Gasteiger partial charge in [-0.25, -0.2) is 4.79 Å². The van der Waals surface area contributed by atoms with E-state index in [4.69, 9.17) is 14.6 Å². The molecule has 20 heavy (non-hydrogen) atoms. The minimum atomic E-state index is -1.10. The Kier molecular flexibility index (Phi) is 12.0. The Morgan fingerprint density at radius 3 is 2.25 bits per heavy atom. The molecule has 0 rings (SSSR count). The first-order valence-corrected chi connectivity index (χ1v) is 6.39. The maximum absolute atomic E-state index is 11.1. The number of ether oxygens (including phenoxy) is 3. The van der Waals surface area contributed by atoms with Gasteiger partial charge < -0.3 is 29.5 Å². The fourth-order valence-corrected chi connectivity index (χ4v) is 1.11. The first kappa shape index (κ1) is 18.8. The number of carboxylic acids is 1. The maximum Gasteiger partial charge on any atom is 0.329 e. The summed E-state index contributed by atoms with van der Waals surface area (Å²) in [6.07, 6.45) is 0. The van der Waals surface area contributed by atoms with Crippen LogP contribution in [-0.2, 0) is 23.8 Å². The smallest absolute Gasteiger partial charge is 0.329 e. The molecule has 0 aromatic heterocycles. The van der Waals surface area contributed by atoms with Crippen molar-refractivity contribution in [2.24, 2.45) is 0 Å². The zero-order valence-electron chi connectivity index (χ0n) is 12.1. The van der Waals surface area contributed by atoms with Crippen molar-refractivity contribution in [1.29, 1.82) is 0 Å². The van der Waals surface area contributed by atoms with E-state index in [1.165, 1.54) is 0 Å². The van der Waals surface area contributed by atoms with Crippen LogP contribution in [0.4, 0.5) is 0 Å². The SMILES string of the molecule is CN(C)CCOCCOCCNC(=O)COCC(=O)O. The molecule has 0 aromatic carbocycles. The Bertz CT molecular complexity index is 273. The summed E-state index contributed by atoms with van der Waals surface area (Å²) in [7, 11) is 3.95. The Morgan fingerprint density at radius 1 is 1.00 bits per heavy atom. The van der Waals surface area contributed by atoms with Crippen LogP contribution >= 0.6 is 0 Å². The van der Waals surface area contributed by atoms with E-state index in [-0.39, 0.29) is 12.5 Å². The highest BCUT2D eigenvalue weighted by Crippen LogP contribution is 1.81. The van der Waals surface area contributed by atoms with Gasteiger partial charge in [-0.2, -0.15) is 0 Å². The summed E-state index contributed by atoms with van der Waals surface area (Å²) < 4.78 is 15.2. The third-order valence-electron chi connectivity index (χ3n) is 2.08. The molecule has 0 aromatic rings. The molecule has 118 valence electrons. The van der Waals surface area contributed by atoms with Crippen LogP contribution in [0.1, 0.15) is 0 Å². The number of nitrogens with zero attached hydrogens (tertiary/aromatic N) is 1. The Morgan fingerprint density at radius 2 is 1.65 bits per heavy atom. The summed E-state index contributed by atoms with van der Waals surface area (Å²) in [5.41, 5.74) is 0. The van der Waals surface area contributed by atoms with Crippen molar-refractivity contribution in [2.45, 2.75) is 0 Å². The fraction of sp³-hybridized carbons (Fsp3) is 0.833. The van der Waals surface area contributed by atoms with Gasteiger partial charge in [-0.05, 0) is 14.1 Å². The highest BCUT2D eigenvalue weighted by Gasteiger charge is 2.02. The van der Waals surface area contributed by atoms with Gasteiger partial charge >= 0.3 is 5.97 Å². The molecule has 2 N–H and O–H groups in total. The minimum Gasteiger partial charge on any atom is -0.480 e. The number of rotatable bonds is 13.